The Kier molecular flexibility index (Phi) is 5.52. The van der Waals surface area contributed by atoms with Crippen molar-refractivity contribution < 1.29 is 22.8 Å². The van der Waals surface area contributed by atoms with E-state index in [1.54, 1.807) is 0 Å². The van der Waals surface area contributed by atoms with Crippen LogP contribution in [0.1, 0.15) is 17.5 Å². The molecule has 0 aromatic heterocycles. The van der Waals surface area contributed by atoms with Gasteiger partial charge in [-0.25, -0.2) is 0 Å². The molecule has 0 radical (unpaired) electrons. The highest BCUT2D eigenvalue weighted by atomic mass is 19.4. The van der Waals surface area contributed by atoms with Crippen LogP contribution in [0.2, 0.25) is 0 Å². The number of nitrogens with one attached hydrogen (secondary N) is 1. The van der Waals surface area contributed by atoms with Crippen LogP contribution in [0.4, 0.5) is 13.2 Å². The lowest BCUT2D eigenvalue weighted by molar-refractivity contribution is -0.137. The molecule has 21 heavy (non-hydrogen) atoms. The van der Waals surface area contributed by atoms with Crippen LogP contribution < -0.4 is 11.1 Å². The van der Waals surface area contributed by atoms with Crippen molar-refractivity contribution >= 4 is 11.8 Å². The lowest BCUT2D eigenvalue weighted by atomic mass is 10.1. The molecule has 0 unspecified atom stereocenters. The molecule has 7 heteroatoms. The second kappa shape index (κ2) is 6.92. The predicted molar refractivity (Wildman–Crippen MR) is 71.1 cm³/mol. The van der Waals surface area contributed by atoms with Crippen molar-refractivity contribution in [2.75, 3.05) is 0 Å². The van der Waals surface area contributed by atoms with Crippen LogP contribution >= 0.6 is 0 Å². The molecule has 0 aliphatic rings. The number of hydrogen-bond donors (Lipinski definition) is 2. The van der Waals surface area contributed by atoms with E-state index < -0.39 is 29.6 Å². The van der Waals surface area contributed by atoms with Crippen molar-refractivity contribution in [1.82, 2.24) is 5.32 Å². The SMILES string of the molecule is C=CC[C@@H](NC(=O)Cc1ccc(C(F)(F)F)cc1)C(N)=O. The summed E-state index contributed by atoms with van der Waals surface area (Å²) in [5.74, 6) is -1.20. The molecule has 0 spiro atoms. The number of rotatable bonds is 6. The van der Waals surface area contributed by atoms with Gasteiger partial charge in [-0.1, -0.05) is 18.2 Å². The lowest BCUT2D eigenvalue weighted by Crippen LogP contribution is -2.44. The number of carbonyl (C=O) groups excluding carboxylic acids is 2. The molecule has 1 atom stereocenters. The van der Waals surface area contributed by atoms with Crippen molar-refractivity contribution in [2.24, 2.45) is 5.73 Å². The van der Waals surface area contributed by atoms with Crippen LogP contribution in [0.3, 0.4) is 0 Å². The maximum Gasteiger partial charge on any atom is 0.416 e. The van der Waals surface area contributed by atoms with Gasteiger partial charge in [-0.3, -0.25) is 9.59 Å². The Morgan fingerprint density at radius 1 is 1.29 bits per heavy atom. The number of halogens is 3. The zero-order valence-corrected chi connectivity index (χ0v) is 11.1. The number of primary amides is 1. The van der Waals surface area contributed by atoms with Gasteiger partial charge >= 0.3 is 6.18 Å². The first-order valence-electron chi connectivity index (χ1n) is 6.09. The fourth-order valence-corrected chi connectivity index (χ4v) is 1.66. The van der Waals surface area contributed by atoms with Gasteiger partial charge in [-0.2, -0.15) is 13.2 Å². The van der Waals surface area contributed by atoms with Crippen molar-refractivity contribution in [2.45, 2.75) is 25.1 Å². The molecule has 0 bridgehead atoms. The van der Waals surface area contributed by atoms with Crippen LogP contribution in [0.25, 0.3) is 0 Å². The van der Waals surface area contributed by atoms with E-state index in [1.165, 1.54) is 18.2 Å². The molecular formula is C14H15F3N2O2. The third kappa shape index (κ3) is 5.29. The van der Waals surface area contributed by atoms with Crippen molar-refractivity contribution in [3.05, 3.63) is 48.0 Å². The van der Waals surface area contributed by atoms with Gasteiger partial charge in [-0.05, 0) is 24.1 Å². The Morgan fingerprint density at radius 2 is 1.86 bits per heavy atom. The van der Waals surface area contributed by atoms with Crippen LogP contribution in [-0.2, 0) is 22.2 Å². The minimum Gasteiger partial charge on any atom is -0.368 e. The molecule has 1 rings (SSSR count). The molecule has 3 N–H and O–H groups in total. The molecule has 0 saturated heterocycles. The van der Waals surface area contributed by atoms with Gasteiger partial charge in [0.15, 0.2) is 0 Å². The summed E-state index contributed by atoms with van der Waals surface area (Å²) in [4.78, 5) is 22.8. The fraction of sp³-hybridized carbons (Fsp3) is 0.286. The van der Waals surface area contributed by atoms with E-state index in [1.807, 2.05) is 0 Å². The van der Waals surface area contributed by atoms with Gasteiger partial charge in [0.05, 0.1) is 12.0 Å². The normalized spacial score (nSPS) is 12.5. The third-order valence-electron chi connectivity index (χ3n) is 2.73. The zero-order valence-electron chi connectivity index (χ0n) is 11.1. The highest BCUT2D eigenvalue weighted by Crippen LogP contribution is 2.29. The van der Waals surface area contributed by atoms with E-state index in [4.69, 9.17) is 5.73 Å². The van der Waals surface area contributed by atoms with Gasteiger partial charge in [0.25, 0.3) is 0 Å². The Morgan fingerprint density at radius 3 is 2.29 bits per heavy atom. The second-order valence-corrected chi connectivity index (χ2v) is 4.42. The molecule has 0 aliphatic heterocycles. The summed E-state index contributed by atoms with van der Waals surface area (Å²) in [6, 6.07) is 3.37. The van der Waals surface area contributed by atoms with E-state index in [0.29, 0.717) is 5.56 Å². The maximum atomic E-state index is 12.4. The third-order valence-corrected chi connectivity index (χ3v) is 2.73. The zero-order chi connectivity index (χ0) is 16.0. The highest BCUT2D eigenvalue weighted by molar-refractivity contribution is 5.87. The van der Waals surface area contributed by atoms with E-state index >= 15 is 0 Å². The average Bonchev–Trinajstić information content (AvgIpc) is 2.37. The molecule has 0 aliphatic carbocycles. The van der Waals surface area contributed by atoms with Crippen LogP contribution in [-0.4, -0.2) is 17.9 Å². The Balaban J connectivity index is 2.66. The van der Waals surface area contributed by atoms with E-state index in [9.17, 15) is 22.8 Å². The van der Waals surface area contributed by atoms with Crippen LogP contribution in [0.15, 0.2) is 36.9 Å². The van der Waals surface area contributed by atoms with E-state index in [0.717, 1.165) is 12.1 Å². The number of nitrogens with two attached hydrogens (primary N) is 1. The number of hydrogen-bond acceptors (Lipinski definition) is 2. The minimum absolute atomic E-state index is 0.140. The van der Waals surface area contributed by atoms with Crippen molar-refractivity contribution in [1.29, 1.82) is 0 Å². The summed E-state index contributed by atoms with van der Waals surface area (Å²) in [5, 5.41) is 2.40. The smallest absolute Gasteiger partial charge is 0.368 e. The standard InChI is InChI=1S/C14H15F3N2O2/c1-2-3-11(13(18)21)19-12(20)8-9-4-6-10(7-5-9)14(15,16)17/h2,4-7,11H,1,3,8H2,(H2,18,21)(H,19,20)/t11-/m1/s1. The number of benzene rings is 1. The van der Waals surface area contributed by atoms with Gasteiger partial charge < -0.3 is 11.1 Å². The fourth-order valence-electron chi connectivity index (χ4n) is 1.66. The molecule has 0 saturated carbocycles. The first-order chi connectivity index (χ1) is 9.74. The first kappa shape index (κ1) is 16.7. The number of carbonyl (C=O) groups is 2. The average molecular weight is 300 g/mol. The largest absolute Gasteiger partial charge is 0.416 e. The van der Waals surface area contributed by atoms with Crippen molar-refractivity contribution in [3.63, 3.8) is 0 Å². The number of amides is 2. The molecule has 1 aromatic carbocycles. The summed E-state index contributed by atoms with van der Waals surface area (Å²) in [5.41, 5.74) is 4.73. The molecule has 2 amide bonds. The maximum absolute atomic E-state index is 12.4. The topological polar surface area (TPSA) is 72.2 Å². The number of alkyl halides is 3. The minimum atomic E-state index is -4.41. The molecule has 0 fully saturated rings. The molecule has 114 valence electrons. The summed E-state index contributed by atoms with van der Waals surface area (Å²) >= 11 is 0. The first-order valence-corrected chi connectivity index (χ1v) is 6.09. The molecule has 1 aromatic rings. The predicted octanol–water partition coefficient (Wildman–Crippen LogP) is 1.79. The van der Waals surface area contributed by atoms with Crippen molar-refractivity contribution in [3.8, 4) is 0 Å². The second-order valence-electron chi connectivity index (χ2n) is 4.42. The van der Waals surface area contributed by atoms with Crippen LogP contribution in [0, 0.1) is 0 Å². The highest BCUT2D eigenvalue weighted by Gasteiger charge is 2.30. The summed E-state index contributed by atoms with van der Waals surface area (Å²) in [6.45, 7) is 3.44. The van der Waals surface area contributed by atoms with Gasteiger partial charge in [0.1, 0.15) is 6.04 Å². The van der Waals surface area contributed by atoms with Gasteiger partial charge in [0.2, 0.25) is 11.8 Å². The summed E-state index contributed by atoms with van der Waals surface area (Å²) in [6.07, 6.45) is -2.93. The summed E-state index contributed by atoms with van der Waals surface area (Å²) < 4.78 is 37.2. The Bertz CT molecular complexity index is 524. The van der Waals surface area contributed by atoms with E-state index in [-0.39, 0.29) is 12.8 Å². The molecule has 0 heterocycles. The molecular weight excluding hydrogens is 285 g/mol. The lowest BCUT2D eigenvalue weighted by Gasteiger charge is -2.13. The molecule has 4 nitrogen and oxygen atoms in total. The van der Waals surface area contributed by atoms with Gasteiger partial charge in [-0.15, -0.1) is 6.58 Å². The summed E-state index contributed by atoms with van der Waals surface area (Å²) in [7, 11) is 0. The Hall–Kier alpha value is -2.31. The van der Waals surface area contributed by atoms with Crippen LogP contribution in [0.5, 0.6) is 0 Å². The monoisotopic (exact) mass is 300 g/mol. The quantitative estimate of drug-likeness (QED) is 0.786. The van der Waals surface area contributed by atoms with Gasteiger partial charge in [0, 0.05) is 0 Å². The van der Waals surface area contributed by atoms with E-state index in [2.05, 4.69) is 11.9 Å². The Labute approximate surface area is 119 Å².